The molecule has 3 rings (SSSR count). The maximum absolute atomic E-state index is 12.2. The van der Waals surface area contributed by atoms with Crippen molar-refractivity contribution in [3.63, 3.8) is 0 Å². The van der Waals surface area contributed by atoms with Gasteiger partial charge in [0.25, 0.3) is 0 Å². The highest BCUT2D eigenvalue weighted by Gasteiger charge is 2.33. The molecule has 2 aromatic rings. The SMILES string of the molecule is O=C(Cc1noc2ccccc12)N[C@H]1CCO[C@H](CO)[C@H]1O. The van der Waals surface area contributed by atoms with E-state index in [2.05, 4.69) is 10.5 Å². The molecule has 7 nitrogen and oxygen atoms in total. The number of hydrogen-bond donors (Lipinski definition) is 3. The summed E-state index contributed by atoms with van der Waals surface area (Å²) in [6, 6.07) is 6.90. The topological polar surface area (TPSA) is 105 Å². The number of fused-ring (bicyclic) bond motifs is 1. The second-order valence-electron chi connectivity index (χ2n) is 5.35. The highest BCUT2D eigenvalue weighted by molar-refractivity contribution is 5.86. The molecular formula is C15H18N2O5. The molecule has 0 bridgehead atoms. The second-order valence-corrected chi connectivity index (χ2v) is 5.35. The minimum Gasteiger partial charge on any atom is -0.394 e. The van der Waals surface area contributed by atoms with Crippen molar-refractivity contribution in [2.24, 2.45) is 0 Å². The second kappa shape index (κ2) is 6.43. The van der Waals surface area contributed by atoms with Crippen LogP contribution in [-0.2, 0) is 16.0 Å². The fourth-order valence-electron chi connectivity index (χ4n) is 2.67. The van der Waals surface area contributed by atoms with Gasteiger partial charge in [0.15, 0.2) is 5.58 Å². The number of hydrogen-bond acceptors (Lipinski definition) is 6. The number of aromatic nitrogens is 1. The van der Waals surface area contributed by atoms with Crippen LogP contribution in [0.1, 0.15) is 12.1 Å². The van der Waals surface area contributed by atoms with Crippen LogP contribution in [0.4, 0.5) is 0 Å². The van der Waals surface area contributed by atoms with E-state index in [0.717, 1.165) is 5.39 Å². The van der Waals surface area contributed by atoms with Crippen molar-refractivity contribution in [1.82, 2.24) is 10.5 Å². The van der Waals surface area contributed by atoms with Gasteiger partial charge in [-0.25, -0.2) is 0 Å². The van der Waals surface area contributed by atoms with Crippen LogP contribution in [0.2, 0.25) is 0 Å². The van der Waals surface area contributed by atoms with Crippen molar-refractivity contribution in [3.05, 3.63) is 30.0 Å². The Labute approximate surface area is 126 Å². The Kier molecular flexibility index (Phi) is 4.37. The highest BCUT2D eigenvalue weighted by Crippen LogP contribution is 2.19. The van der Waals surface area contributed by atoms with Gasteiger partial charge in [0, 0.05) is 12.0 Å². The Morgan fingerprint density at radius 2 is 2.23 bits per heavy atom. The molecule has 3 atom stereocenters. The number of aliphatic hydroxyl groups excluding tert-OH is 2. The maximum atomic E-state index is 12.2. The van der Waals surface area contributed by atoms with Crippen molar-refractivity contribution >= 4 is 16.9 Å². The Morgan fingerprint density at radius 1 is 1.41 bits per heavy atom. The van der Waals surface area contributed by atoms with Gasteiger partial charge < -0.3 is 24.8 Å². The highest BCUT2D eigenvalue weighted by atomic mass is 16.5. The van der Waals surface area contributed by atoms with Gasteiger partial charge in [-0.15, -0.1) is 0 Å². The van der Waals surface area contributed by atoms with Gasteiger partial charge in [-0.3, -0.25) is 4.79 Å². The van der Waals surface area contributed by atoms with E-state index >= 15 is 0 Å². The zero-order chi connectivity index (χ0) is 15.5. The number of rotatable bonds is 4. The summed E-state index contributed by atoms with van der Waals surface area (Å²) >= 11 is 0. The fraction of sp³-hybridized carbons (Fsp3) is 0.467. The van der Waals surface area contributed by atoms with E-state index in [9.17, 15) is 9.90 Å². The van der Waals surface area contributed by atoms with Crippen molar-refractivity contribution in [2.75, 3.05) is 13.2 Å². The first-order chi connectivity index (χ1) is 10.7. The molecule has 0 saturated carbocycles. The van der Waals surface area contributed by atoms with Crippen molar-refractivity contribution < 1.29 is 24.3 Å². The van der Waals surface area contributed by atoms with Crippen molar-refractivity contribution in [2.45, 2.75) is 31.1 Å². The van der Waals surface area contributed by atoms with E-state index in [1.807, 2.05) is 18.2 Å². The number of carbonyl (C=O) groups excluding carboxylic acids is 1. The Bertz CT molecular complexity index is 656. The van der Waals surface area contributed by atoms with E-state index in [4.69, 9.17) is 14.4 Å². The summed E-state index contributed by atoms with van der Waals surface area (Å²) in [5.74, 6) is -0.248. The Morgan fingerprint density at radius 3 is 3.05 bits per heavy atom. The lowest BCUT2D eigenvalue weighted by atomic mass is 9.99. The lowest BCUT2D eigenvalue weighted by Crippen LogP contribution is -2.54. The van der Waals surface area contributed by atoms with Gasteiger partial charge in [0.05, 0.1) is 19.1 Å². The summed E-state index contributed by atoms with van der Waals surface area (Å²) in [6.45, 7) is 0.113. The summed E-state index contributed by atoms with van der Waals surface area (Å²) in [6.07, 6.45) is -1.00. The summed E-state index contributed by atoms with van der Waals surface area (Å²) in [5, 5.41) is 26.7. The third-order valence-electron chi connectivity index (χ3n) is 3.86. The monoisotopic (exact) mass is 306 g/mol. The minimum absolute atomic E-state index is 0.0743. The van der Waals surface area contributed by atoms with Crippen LogP contribution >= 0.6 is 0 Å². The molecule has 1 amide bonds. The van der Waals surface area contributed by atoms with Gasteiger partial charge >= 0.3 is 0 Å². The van der Waals surface area contributed by atoms with Crippen LogP contribution < -0.4 is 5.32 Å². The zero-order valence-electron chi connectivity index (χ0n) is 11.9. The summed E-state index contributed by atoms with van der Waals surface area (Å²) in [7, 11) is 0. The van der Waals surface area contributed by atoms with E-state index < -0.39 is 18.2 Å². The molecule has 1 aliphatic heterocycles. The molecule has 7 heteroatoms. The van der Waals surface area contributed by atoms with Gasteiger partial charge in [-0.1, -0.05) is 17.3 Å². The van der Waals surface area contributed by atoms with Gasteiger partial charge in [-0.05, 0) is 18.6 Å². The molecule has 1 aromatic carbocycles. The third kappa shape index (κ3) is 2.96. The minimum atomic E-state index is -0.920. The first-order valence-electron chi connectivity index (χ1n) is 7.22. The van der Waals surface area contributed by atoms with Gasteiger partial charge in [-0.2, -0.15) is 0 Å². The summed E-state index contributed by atoms with van der Waals surface area (Å²) < 4.78 is 10.4. The average molecular weight is 306 g/mol. The standard InChI is InChI=1S/C15H18N2O5/c18-8-13-15(20)10(5-6-21-13)16-14(19)7-11-9-3-1-2-4-12(9)22-17-11/h1-4,10,13,15,18,20H,5-8H2,(H,16,19)/t10-,13+,15-/m0/s1. The van der Waals surface area contributed by atoms with Crippen molar-refractivity contribution in [1.29, 1.82) is 0 Å². The first-order valence-corrected chi connectivity index (χ1v) is 7.22. The predicted molar refractivity (Wildman–Crippen MR) is 77.1 cm³/mol. The third-order valence-corrected chi connectivity index (χ3v) is 3.86. The van der Waals surface area contributed by atoms with Crippen LogP contribution in [0.25, 0.3) is 11.0 Å². The molecule has 1 saturated heterocycles. The van der Waals surface area contributed by atoms with Crippen LogP contribution in [-0.4, -0.2) is 52.7 Å². The number of carbonyl (C=O) groups is 1. The van der Waals surface area contributed by atoms with E-state index in [0.29, 0.717) is 24.3 Å². The van der Waals surface area contributed by atoms with Crippen LogP contribution in [0.3, 0.4) is 0 Å². The Hall–Kier alpha value is -1.96. The molecular weight excluding hydrogens is 288 g/mol. The molecule has 0 spiro atoms. The van der Waals surface area contributed by atoms with Crippen molar-refractivity contribution in [3.8, 4) is 0 Å². The van der Waals surface area contributed by atoms with Crippen LogP contribution in [0, 0.1) is 0 Å². The predicted octanol–water partition coefficient (Wildman–Crippen LogP) is -0.00280. The molecule has 0 aliphatic carbocycles. The maximum Gasteiger partial charge on any atom is 0.226 e. The smallest absolute Gasteiger partial charge is 0.226 e. The first kappa shape index (κ1) is 15.0. The average Bonchev–Trinajstić information content (AvgIpc) is 2.93. The van der Waals surface area contributed by atoms with E-state index in [-0.39, 0.29) is 18.9 Å². The largest absolute Gasteiger partial charge is 0.394 e. The molecule has 3 N–H and O–H groups in total. The quantitative estimate of drug-likeness (QED) is 0.734. The number of aliphatic hydroxyl groups is 2. The molecule has 1 fully saturated rings. The number of benzene rings is 1. The lowest BCUT2D eigenvalue weighted by Gasteiger charge is -2.34. The molecule has 2 heterocycles. The molecule has 1 aromatic heterocycles. The Balaban J connectivity index is 1.65. The normalized spacial score (nSPS) is 25.3. The number of ether oxygens (including phenoxy) is 1. The lowest BCUT2D eigenvalue weighted by molar-refractivity contribution is -0.131. The van der Waals surface area contributed by atoms with E-state index in [1.54, 1.807) is 6.07 Å². The zero-order valence-corrected chi connectivity index (χ0v) is 11.9. The summed E-state index contributed by atoms with van der Waals surface area (Å²) in [5.41, 5.74) is 1.20. The summed E-state index contributed by atoms with van der Waals surface area (Å²) in [4.78, 5) is 12.2. The molecule has 1 aliphatic rings. The van der Waals surface area contributed by atoms with Crippen LogP contribution in [0.15, 0.2) is 28.8 Å². The molecule has 0 radical (unpaired) electrons. The number of nitrogens with zero attached hydrogens (tertiary/aromatic N) is 1. The van der Waals surface area contributed by atoms with Crippen LogP contribution in [0.5, 0.6) is 0 Å². The number of para-hydroxylation sites is 1. The molecule has 22 heavy (non-hydrogen) atoms. The number of nitrogens with one attached hydrogen (secondary N) is 1. The van der Waals surface area contributed by atoms with Gasteiger partial charge in [0.1, 0.15) is 17.9 Å². The number of amides is 1. The van der Waals surface area contributed by atoms with E-state index in [1.165, 1.54) is 0 Å². The molecule has 0 unspecified atom stereocenters. The van der Waals surface area contributed by atoms with Gasteiger partial charge in [0.2, 0.25) is 5.91 Å². The molecule has 118 valence electrons. The fourth-order valence-corrected chi connectivity index (χ4v) is 2.67.